The van der Waals surface area contributed by atoms with Crippen molar-refractivity contribution in [3.8, 4) is 0 Å². The molecule has 0 radical (unpaired) electrons. The average molecular weight is 509 g/mol. The topological polar surface area (TPSA) is 54.4 Å². The Balaban J connectivity index is 1.77. The van der Waals surface area contributed by atoms with Crippen LogP contribution in [0.15, 0.2) is 66.7 Å². The van der Waals surface area contributed by atoms with Crippen LogP contribution in [0.2, 0.25) is 0 Å². The molecule has 1 aliphatic rings. The monoisotopic (exact) mass is 508 g/mol. The lowest BCUT2D eigenvalue weighted by Crippen LogP contribution is -2.36. The van der Waals surface area contributed by atoms with Crippen LogP contribution in [0.3, 0.4) is 0 Å². The summed E-state index contributed by atoms with van der Waals surface area (Å²) >= 11 is 0. The quantitative estimate of drug-likeness (QED) is 0.257. The number of carboxylic acid groups (broad SMARTS) is 1. The van der Waals surface area contributed by atoms with Gasteiger partial charge in [-0.3, -0.25) is 4.79 Å². The molecule has 3 aromatic carbocycles. The molecule has 1 aliphatic carbocycles. The molecule has 3 heteroatoms. The number of rotatable bonds is 7. The summed E-state index contributed by atoms with van der Waals surface area (Å²) < 4.78 is 0. The van der Waals surface area contributed by atoms with Crippen LogP contribution in [-0.4, -0.2) is 16.9 Å². The summed E-state index contributed by atoms with van der Waals surface area (Å²) in [4.78, 5) is 24.6. The number of carbonyl (C=O) groups is 2. The second-order valence-corrected chi connectivity index (χ2v) is 12.9. The van der Waals surface area contributed by atoms with E-state index in [1.54, 1.807) is 36.4 Å². The molecule has 0 aliphatic heterocycles. The Morgan fingerprint density at radius 2 is 1.47 bits per heavy atom. The van der Waals surface area contributed by atoms with Crippen LogP contribution >= 0.6 is 0 Å². The van der Waals surface area contributed by atoms with Crippen LogP contribution in [0.5, 0.6) is 0 Å². The predicted molar refractivity (Wildman–Crippen MR) is 156 cm³/mol. The number of aromatic carboxylic acids is 1. The standard InChI is InChI=1S/C35H40O3/c1-23-8-15-28(16-9-23)35(6,7)22-27-20-26(21-29-31(27)34(4,5)19-18-33(29,2)3)30(36)17-12-24-10-13-25(14-11-24)32(37)38/h8-17,20-21H,18-19,22H2,1-7H3,(H,37,38)/b17-12+. The van der Waals surface area contributed by atoms with Gasteiger partial charge in [0.05, 0.1) is 5.56 Å². The molecule has 0 unspecified atom stereocenters. The molecular formula is C35H40O3. The third-order valence-corrected chi connectivity index (χ3v) is 8.34. The highest BCUT2D eigenvalue weighted by molar-refractivity contribution is 6.07. The van der Waals surface area contributed by atoms with Gasteiger partial charge in [0.1, 0.15) is 0 Å². The minimum atomic E-state index is -0.961. The largest absolute Gasteiger partial charge is 0.478 e. The number of carbonyl (C=O) groups excluding carboxylic acids is 1. The van der Waals surface area contributed by atoms with Gasteiger partial charge in [-0.15, -0.1) is 0 Å². The number of aryl methyl sites for hydroxylation is 1. The van der Waals surface area contributed by atoms with Crippen molar-refractivity contribution >= 4 is 17.8 Å². The van der Waals surface area contributed by atoms with E-state index in [9.17, 15) is 9.59 Å². The van der Waals surface area contributed by atoms with Crippen LogP contribution in [0.25, 0.3) is 6.08 Å². The number of carboxylic acids is 1. The van der Waals surface area contributed by atoms with Crippen molar-refractivity contribution in [2.75, 3.05) is 0 Å². The molecule has 0 amide bonds. The number of hydrogen-bond donors (Lipinski definition) is 1. The van der Waals surface area contributed by atoms with E-state index in [-0.39, 0.29) is 27.6 Å². The van der Waals surface area contributed by atoms with Gasteiger partial charge >= 0.3 is 5.97 Å². The lowest BCUT2D eigenvalue weighted by Gasteiger charge is -2.44. The summed E-state index contributed by atoms with van der Waals surface area (Å²) in [5, 5.41) is 9.14. The van der Waals surface area contributed by atoms with Crippen molar-refractivity contribution in [1.29, 1.82) is 0 Å². The molecular weight excluding hydrogens is 468 g/mol. The van der Waals surface area contributed by atoms with E-state index in [2.05, 4.69) is 84.9 Å². The van der Waals surface area contributed by atoms with Crippen LogP contribution in [0.1, 0.15) is 108 Å². The van der Waals surface area contributed by atoms with E-state index in [4.69, 9.17) is 5.11 Å². The lowest BCUT2D eigenvalue weighted by atomic mass is 9.60. The van der Waals surface area contributed by atoms with Crippen molar-refractivity contribution in [3.05, 3.63) is 111 Å². The first-order valence-corrected chi connectivity index (χ1v) is 13.5. The highest BCUT2D eigenvalue weighted by atomic mass is 16.4. The maximum Gasteiger partial charge on any atom is 0.335 e. The third kappa shape index (κ3) is 5.67. The molecule has 0 heterocycles. The zero-order valence-electron chi connectivity index (χ0n) is 23.8. The number of ketones is 1. The van der Waals surface area contributed by atoms with E-state index >= 15 is 0 Å². The summed E-state index contributed by atoms with van der Waals surface area (Å²) in [6.07, 6.45) is 6.41. The lowest BCUT2D eigenvalue weighted by molar-refractivity contribution is 0.0696. The smallest absolute Gasteiger partial charge is 0.335 e. The zero-order chi connectivity index (χ0) is 27.9. The van der Waals surface area contributed by atoms with Gasteiger partial charge in [0.15, 0.2) is 5.78 Å². The molecule has 0 bridgehead atoms. The van der Waals surface area contributed by atoms with E-state index in [1.807, 2.05) is 0 Å². The van der Waals surface area contributed by atoms with Gasteiger partial charge in [-0.1, -0.05) is 89.6 Å². The molecule has 1 N–H and O–H groups in total. The van der Waals surface area contributed by atoms with Crippen LogP contribution in [0.4, 0.5) is 0 Å². The Labute approximate surface area is 227 Å². The molecule has 38 heavy (non-hydrogen) atoms. The summed E-state index contributed by atoms with van der Waals surface area (Å²) in [6.45, 7) is 16.0. The number of hydrogen-bond acceptors (Lipinski definition) is 2. The summed E-state index contributed by atoms with van der Waals surface area (Å²) in [6, 6.07) is 19.6. The summed E-state index contributed by atoms with van der Waals surface area (Å²) in [5.41, 5.74) is 8.16. The van der Waals surface area contributed by atoms with Crippen LogP contribution in [-0.2, 0) is 22.7 Å². The molecule has 3 nitrogen and oxygen atoms in total. The third-order valence-electron chi connectivity index (χ3n) is 8.34. The Morgan fingerprint density at radius 3 is 2.08 bits per heavy atom. The molecule has 0 aromatic heterocycles. The zero-order valence-corrected chi connectivity index (χ0v) is 23.8. The Hall–Kier alpha value is -3.46. The maximum absolute atomic E-state index is 13.5. The maximum atomic E-state index is 13.5. The highest BCUT2D eigenvalue weighted by Gasteiger charge is 2.40. The van der Waals surface area contributed by atoms with Crippen LogP contribution in [0, 0.1) is 6.92 Å². The highest BCUT2D eigenvalue weighted by Crippen LogP contribution is 2.48. The van der Waals surface area contributed by atoms with Gasteiger partial charge in [-0.05, 0) is 101 Å². The fourth-order valence-electron chi connectivity index (χ4n) is 5.79. The van der Waals surface area contributed by atoms with Gasteiger partial charge in [-0.2, -0.15) is 0 Å². The SMILES string of the molecule is Cc1ccc(C(C)(C)Cc2cc(C(=O)/C=C/c3ccc(C(=O)O)cc3)cc3c2C(C)(C)CCC3(C)C)cc1. The summed E-state index contributed by atoms with van der Waals surface area (Å²) in [7, 11) is 0. The van der Waals surface area contributed by atoms with Crippen LogP contribution < -0.4 is 0 Å². The second-order valence-electron chi connectivity index (χ2n) is 12.9. The number of fused-ring (bicyclic) bond motifs is 1. The van der Waals surface area contributed by atoms with Crippen molar-refractivity contribution in [3.63, 3.8) is 0 Å². The molecule has 4 rings (SSSR count). The predicted octanol–water partition coefficient (Wildman–Crippen LogP) is 8.46. The van der Waals surface area contributed by atoms with E-state index in [0.717, 1.165) is 24.8 Å². The average Bonchev–Trinajstić information content (AvgIpc) is 2.85. The molecule has 0 fully saturated rings. The van der Waals surface area contributed by atoms with Crippen molar-refractivity contribution in [1.82, 2.24) is 0 Å². The fraction of sp³-hybridized carbons (Fsp3) is 0.371. The van der Waals surface area contributed by atoms with Crippen molar-refractivity contribution in [2.45, 2.75) is 84.0 Å². The van der Waals surface area contributed by atoms with E-state index in [1.165, 1.54) is 27.8 Å². The molecule has 0 saturated carbocycles. The summed E-state index contributed by atoms with van der Waals surface area (Å²) in [5.74, 6) is -0.999. The van der Waals surface area contributed by atoms with Gasteiger partial charge < -0.3 is 5.11 Å². The first kappa shape index (κ1) is 27.6. The first-order valence-electron chi connectivity index (χ1n) is 13.5. The minimum Gasteiger partial charge on any atom is -0.478 e. The molecule has 0 atom stereocenters. The molecule has 0 saturated heterocycles. The second kappa shape index (κ2) is 10.0. The van der Waals surface area contributed by atoms with Crippen molar-refractivity contribution < 1.29 is 14.7 Å². The van der Waals surface area contributed by atoms with Gasteiger partial charge in [0.25, 0.3) is 0 Å². The molecule has 3 aromatic rings. The first-order chi connectivity index (χ1) is 17.7. The van der Waals surface area contributed by atoms with E-state index < -0.39 is 5.97 Å². The van der Waals surface area contributed by atoms with Crippen molar-refractivity contribution in [2.24, 2.45) is 0 Å². The Morgan fingerprint density at radius 1 is 0.868 bits per heavy atom. The fourth-order valence-corrected chi connectivity index (χ4v) is 5.79. The molecule has 0 spiro atoms. The van der Waals surface area contributed by atoms with Gasteiger partial charge in [0, 0.05) is 5.56 Å². The Bertz CT molecular complexity index is 1380. The van der Waals surface area contributed by atoms with Gasteiger partial charge in [0.2, 0.25) is 0 Å². The number of allylic oxidation sites excluding steroid dienone is 1. The normalized spacial score (nSPS) is 16.3. The number of benzene rings is 3. The van der Waals surface area contributed by atoms with E-state index in [0.29, 0.717) is 5.56 Å². The van der Waals surface area contributed by atoms with Gasteiger partial charge in [-0.25, -0.2) is 4.79 Å². The Kier molecular flexibility index (Phi) is 7.27. The molecule has 198 valence electrons. The minimum absolute atomic E-state index is 0.0136.